The van der Waals surface area contributed by atoms with E-state index in [0.717, 1.165) is 24.6 Å². The average molecular weight is 262 g/mol. The summed E-state index contributed by atoms with van der Waals surface area (Å²) < 4.78 is 5.08. The average Bonchev–Trinajstić information content (AvgIpc) is 2.93. The van der Waals surface area contributed by atoms with Gasteiger partial charge in [0, 0.05) is 25.2 Å². The molecule has 1 heterocycles. The predicted molar refractivity (Wildman–Crippen MR) is 74.9 cm³/mol. The largest absolute Gasteiger partial charge is 0.383 e. The number of thiazole rings is 1. The van der Waals surface area contributed by atoms with Crippen molar-refractivity contribution in [3.05, 3.63) is 52.5 Å². The lowest BCUT2D eigenvalue weighted by molar-refractivity contribution is 0.195. The lowest BCUT2D eigenvalue weighted by atomic mass is 10.1. The molecule has 0 saturated heterocycles. The molecule has 1 aromatic carbocycles. The van der Waals surface area contributed by atoms with E-state index in [4.69, 9.17) is 4.74 Å². The molecule has 0 radical (unpaired) electrons. The van der Waals surface area contributed by atoms with Gasteiger partial charge in [-0.3, -0.25) is 0 Å². The Kier molecular flexibility index (Phi) is 5.33. The van der Waals surface area contributed by atoms with E-state index >= 15 is 0 Å². The Morgan fingerprint density at radius 3 is 2.83 bits per heavy atom. The predicted octanol–water partition coefficient (Wildman–Crippen LogP) is 2.66. The van der Waals surface area contributed by atoms with E-state index in [-0.39, 0.29) is 6.04 Å². The molecule has 0 fully saturated rings. The molecular formula is C14H18N2OS. The molecule has 0 aliphatic rings. The van der Waals surface area contributed by atoms with Crippen molar-refractivity contribution >= 4 is 11.3 Å². The third kappa shape index (κ3) is 3.91. The number of benzene rings is 1. The topological polar surface area (TPSA) is 34.1 Å². The van der Waals surface area contributed by atoms with Gasteiger partial charge in [-0.1, -0.05) is 30.3 Å². The number of nitrogens with zero attached hydrogens (tertiary/aromatic N) is 1. The van der Waals surface area contributed by atoms with Gasteiger partial charge < -0.3 is 10.1 Å². The van der Waals surface area contributed by atoms with Crippen molar-refractivity contribution in [3.8, 4) is 0 Å². The fourth-order valence-electron chi connectivity index (χ4n) is 1.84. The van der Waals surface area contributed by atoms with Gasteiger partial charge in [0.2, 0.25) is 0 Å². The van der Waals surface area contributed by atoms with E-state index in [0.29, 0.717) is 0 Å². The van der Waals surface area contributed by atoms with Crippen LogP contribution in [0, 0.1) is 0 Å². The Morgan fingerprint density at radius 2 is 2.17 bits per heavy atom. The maximum atomic E-state index is 5.08. The first-order valence-electron chi connectivity index (χ1n) is 6.06. The second-order valence-electron chi connectivity index (χ2n) is 4.06. The molecule has 0 amide bonds. The van der Waals surface area contributed by atoms with Gasteiger partial charge in [-0.25, -0.2) is 4.98 Å². The molecule has 2 rings (SSSR count). The third-order valence-corrected chi connectivity index (χ3v) is 3.62. The fraction of sp³-hybridized carbons (Fsp3) is 0.357. The third-order valence-electron chi connectivity index (χ3n) is 2.73. The Hall–Kier alpha value is -1.23. The van der Waals surface area contributed by atoms with Crippen LogP contribution < -0.4 is 5.32 Å². The Labute approximate surface area is 112 Å². The Bertz CT molecular complexity index is 430. The molecule has 3 nitrogen and oxygen atoms in total. The van der Waals surface area contributed by atoms with Crippen molar-refractivity contribution in [3.63, 3.8) is 0 Å². The van der Waals surface area contributed by atoms with Gasteiger partial charge in [0.15, 0.2) is 0 Å². The maximum Gasteiger partial charge on any atom is 0.110 e. The monoisotopic (exact) mass is 262 g/mol. The van der Waals surface area contributed by atoms with E-state index in [1.165, 1.54) is 5.56 Å². The first-order valence-corrected chi connectivity index (χ1v) is 6.93. The quantitative estimate of drug-likeness (QED) is 0.779. The highest BCUT2D eigenvalue weighted by molar-refractivity contribution is 7.09. The summed E-state index contributed by atoms with van der Waals surface area (Å²) in [5.41, 5.74) is 1.32. The minimum absolute atomic E-state index is 0.266. The number of ether oxygens (including phenoxy) is 1. The summed E-state index contributed by atoms with van der Waals surface area (Å²) >= 11 is 1.69. The molecule has 2 aromatic rings. The molecule has 96 valence electrons. The number of aromatic nitrogens is 1. The van der Waals surface area contributed by atoms with E-state index in [1.54, 1.807) is 18.4 Å². The second-order valence-corrected chi connectivity index (χ2v) is 4.99. The smallest absolute Gasteiger partial charge is 0.110 e. The van der Waals surface area contributed by atoms with Crippen LogP contribution in [0.4, 0.5) is 0 Å². The number of hydrogen-bond acceptors (Lipinski definition) is 4. The van der Waals surface area contributed by atoms with Crippen LogP contribution in [-0.4, -0.2) is 25.2 Å². The van der Waals surface area contributed by atoms with Crippen LogP contribution in [0.1, 0.15) is 16.6 Å². The maximum absolute atomic E-state index is 5.08. The standard InChI is InChI=1S/C14H18N2OS/c1-17-9-7-15-13(14-16-8-10-18-14)11-12-5-3-2-4-6-12/h2-6,8,10,13,15H,7,9,11H2,1H3. The summed E-state index contributed by atoms with van der Waals surface area (Å²) in [6.07, 6.45) is 2.81. The Morgan fingerprint density at radius 1 is 1.33 bits per heavy atom. The van der Waals surface area contributed by atoms with Gasteiger partial charge in [-0.2, -0.15) is 0 Å². The molecule has 1 atom stereocenters. The van der Waals surface area contributed by atoms with Crippen molar-refractivity contribution in [1.29, 1.82) is 0 Å². The minimum Gasteiger partial charge on any atom is -0.383 e. The molecule has 0 saturated carbocycles. The molecule has 0 bridgehead atoms. The van der Waals surface area contributed by atoms with Crippen LogP contribution in [0.5, 0.6) is 0 Å². The summed E-state index contributed by atoms with van der Waals surface area (Å²) in [7, 11) is 1.72. The first-order chi connectivity index (χ1) is 8.90. The van der Waals surface area contributed by atoms with Crippen molar-refractivity contribution < 1.29 is 4.74 Å². The van der Waals surface area contributed by atoms with E-state index in [1.807, 2.05) is 17.6 Å². The number of methoxy groups -OCH3 is 1. The van der Waals surface area contributed by atoms with Crippen LogP contribution >= 0.6 is 11.3 Å². The first kappa shape index (κ1) is 13.2. The summed E-state index contributed by atoms with van der Waals surface area (Å²) in [5.74, 6) is 0. The van der Waals surface area contributed by atoms with Crippen molar-refractivity contribution in [1.82, 2.24) is 10.3 Å². The van der Waals surface area contributed by atoms with Crippen molar-refractivity contribution in [2.24, 2.45) is 0 Å². The molecule has 18 heavy (non-hydrogen) atoms. The zero-order valence-corrected chi connectivity index (χ0v) is 11.3. The summed E-state index contributed by atoms with van der Waals surface area (Å²) in [6.45, 7) is 1.56. The van der Waals surface area contributed by atoms with Crippen LogP contribution in [0.25, 0.3) is 0 Å². The lowest BCUT2D eigenvalue weighted by Gasteiger charge is -2.16. The molecule has 1 N–H and O–H groups in total. The van der Waals surface area contributed by atoms with Crippen molar-refractivity contribution in [2.75, 3.05) is 20.3 Å². The van der Waals surface area contributed by atoms with Crippen LogP contribution in [-0.2, 0) is 11.2 Å². The van der Waals surface area contributed by atoms with Gasteiger partial charge in [0.05, 0.1) is 12.6 Å². The Balaban J connectivity index is 2.01. The molecular weight excluding hydrogens is 244 g/mol. The van der Waals surface area contributed by atoms with E-state index < -0.39 is 0 Å². The molecule has 1 unspecified atom stereocenters. The number of nitrogens with one attached hydrogen (secondary N) is 1. The van der Waals surface area contributed by atoms with Gasteiger partial charge in [-0.05, 0) is 12.0 Å². The summed E-state index contributed by atoms with van der Waals surface area (Å²) in [6, 6.07) is 10.8. The summed E-state index contributed by atoms with van der Waals surface area (Å²) in [5, 5.41) is 6.65. The molecule has 4 heteroatoms. The molecule has 0 spiro atoms. The number of hydrogen-bond donors (Lipinski definition) is 1. The minimum atomic E-state index is 0.266. The van der Waals surface area contributed by atoms with E-state index in [2.05, 4.69) is 34.6 Å². The SMILES string of the molecule is COCCNC(Cc1ccccc1)c1nccs1. The second kappa shape index (κ2) is 7.26. The highest BCUT2D eigenvalue weighted by Crippen LogP contribution is 2.20. The lowest BCUT2D eigenvalue weighted by Crippen LogP contribution is -2.26. The van der Waals surface area contributed by atoms with Gasteiger partial charge in [-0.15, -0.1) is 11.3 Å². The van der Waals surface area contributed by atoms with E-state index in [9.17, 15) is 0 Å². The molecule has 0 aliphatic carbocycles. The van der Waals surface area contributed by atoms with Gasteiger partial charge >= 0.3 is 0 Å². The highest BCUT2D eigenvalue weighted by Gasteiger charge is 2.13. The van der Waals surface area contributed by atoms with Crippen molar-refractivity contribution in [2.45, 2.75) is 12.5 Å². The van der Waals surface area contributed by atoms with Crippen LogP contribution in [0.2, 0.25) is 0 Å². The normalized spacial score (nSPS) is 12.5. The zero-order chi connectivity index (χ0) is 12.6. The number of rotatable bonds is 7. The van der Waals surface area contributed by atoms with Crippen LogP contribution in [0.3, 0.4) is 0 Å². The molecule has 1 aromatic heterocycles. The van der Waals surface area contributed by atoms with Gasteiger partial charge in [0.1, 0.15) is 5.01 Å². The van der Waals surface area contributed by atoms with Crippen LogP contribution in [0.15, 0.2) is 41.9 Å². The molecule has 0 aliphatic heterocycles. The zero-order valence-electron chi connectivity index (χ0n) is 10.5. The highest BCUT2D eigenvalue weighted by atomic mass is 32.1. The summed E-state index contributed by atoms with van der Waals surface area (Å²) in [4.78, 5) is 4.41. The fourth-order valence-corrected chi connectivity index (χ4v) is 2.55. The van der Waals surface area contributed by atoms with Gasteiger partial charge in [0.25, 0.3) is 0 Å².